The highest BCUT2D eigenvalue weighted by atomic mass is 32.1. The molecule has 0 unspecified atom stereocenters. The van der Waals surface area contributed by atoms with Gasteiger partial charge in [-0.15, -0.1) is 11.3 Å². The number of fused-ring (bicyclic) bond motifs is 1. The number of carbonyl (C=O) groups excluding carboxylic acids is 1. The van der Waals surface area contributed by atoms with Crippen LogP contribution in [0.4, 0.5) is 0 Å². The first-order valence-corrected chi connectivity index (χ1v) is 9.45. The van der Waals surface area contributed by atoms with Crippen molar-refractivity contribution >= 4 is 27.5 Å². The van der Waals surface area contributed by atoms with Gasteiger partial charge in [0.25, 0.3) is 5.56 Å². The Kier molecular flexibility index (Phi) is 4.14. The molecular weight excluding hydrogens is 324 g/mol. The average molecular weight is 346 g/mol. The normalized spacial score (nSPS) is 25.0. The van der Waals surface area contributed by atoms with Gasteiger partial charge in [-0.3, -0.25) is 14.2 Å². The molecule has 1 amide bonds. The van der Waals surface area contributed by atoms with E-state index in [1.165, 1.54) is 28.7 Å². The molecule has 0 radical (unpaired) electrons. The molecule has 2 aromatic rings. The van der Waals surface area contributed by atoms with Crippen LogP contribution in [-0.2, 0) is 11.3 Å². The van der Waals surface area contributed by atoms with Gasteiger partial charge in [0.1, 0.15) is 11.4 Å². The van der Waals surface area contributed by atoms with E-state index >= 15 is 0 Å². The number of likely N-dealkylation sites (tertiary alicyclic amines) is 2. The minimum absolute atomic E-state index is 0.0382. The predicted octanol–water partition coefficient (Wildman–Crippen LogP) is 1.54. The summed E-state index contributed by atoms with van der Waals surface area (Å²) in [7, 11) is 2.15. The molecular formula is C17H22N4O2S. The molecule has 24 heavy (non-hydrogen) atoms. The van der Waals surface area contributed by atoms with E-state index in [4.69, 9.17) is 0 Å². The molecule has 4 heterocycles. The fraction of sp³-hybridized carbons (Fsp3) is 0.588. The number of amides is 1. The molecule has 2 fully saturated rings. The molecule has 2 saturated heterocycles. The second-order valence-corrected chi connectivity index (χ2v) is 7.70. The van der Waals surface area contributed by atoms with Gasteiger partial charge in [0.15, 0.2) is 0 Å². The van der Waals surface area contributed by atoms with Crippen LogP contribution in [0.15, 0.2) is 22.6 Å². The van der Waals surface area contributed by atoms with Crippen molar-refractivity contribution in [1.29, 1.82) is 0 Å². The zero-order chi connectivity index (χ0) is 16.7. The predicted molar refractivity (Wildman–Crippen MR) is 94.3 cm³/mol. The lowest BCUT2D eigenvalue weighted by molar-refractivity contribution is -0.133. The van der Waals surface area contributed by atoms with Crippen molar-refractivity contribution < 1.29 is 4.79 Å². The van der Waals surface area contributed by atoms with E-state index in [0.717, 1.165) is 37.2 Å². The van der Waals surface area contributed by atoms with Gasteiger partial charge >= 0.3 is 0 Å². The van der Waals surface area contributed by atoms with Crippen LogP contribution in [0.25, 0.3) is 10.2 Å². The van der Waals surface area contributed by atoms with Crippen LogP contribution < -0.4 is 5.56 Å². The minimum atomic E-state index is -0.122. The minimum Gasteiger partial charge on any atom is -0.337 e. The van der Waals surface area contributed by atoms with Gasteiger partial charge in [0, 0.05) is 18.6 Å². The van der Waals surface area contributed by atoms with Gasteiger partial charge in [-0.25, -0.2) is 4.98 Å². The Morgan fingerprint density at radius 3 is 2.88 bits per heavy atom. The summed E-state index contributed by atoms with van der Waals surface area (Å²) in [5.74, 6) is 0.0382. The first-order valence-electron chi connectivity index (χ1n) is 8.57. The lowest BCUT2D eigenvalue weighted by Gasteiger charge is -2.33. The Labute approximate surface area is 144 Å². The lowest BCUT2D eigenvalue weighted by atomic mass is 10.0. The van der Waals surface area contributed by atoms with Crippen LogP contribution in [0.1, 0.15) is 25.7 Å². The molecule has 0 bridgehead atoms. The first-order chi connectivity index (χ1) is 11.6. The average Bonchev–Trinajstić information content (AvgIpc) is 3.29. The molecule has 2 aliphatic rings. The highest BCUT2D eigenvalue weighted by Gasteiger charge is 2.38. The molecule has 2 aromatic heterocycles. The SMILES string of the molecule is CN1CCC[C@@H]1[C@@H]1CCCN1C(=O)Cn1cnc2sccc2c1=O. The Balaban J connectivity index is 1.54. The summed E-state index contributed by atoms with van der Waals surface area (Å²) in [4.78, 5) is 34.7. The molecule has 6 nitrogen and oxygen atoms in total. The lowest BCUT2D eigenvalue weighted by Crippen LogP contribution is -2.48. The monoisotopic (exact) mass is 346 g/mol. The quantitative estimate of drug-likeness (QED) is 0.846. The molecule has 0 spiro atoms. The third-order valence-corrected chi connectivity index (χ3v) is 6.22. The maximum absolute atomic E-state index is 12.8. The summed E-state index contributed by atoms with van der Waals surface area (Å²) in [6, 6.07) is 2.53. The Morgan fingerprint density at radius 1 is 1.29 bits per heavy atom. The first kappa shape index (κ1) is 15.8. The van der Waals surface area contributed by atoms with Crippen LogP contribution in [-0.4, -0.2) is 57.5 Å². The number of aromatic nitrogens is 2. The zero-order valence-electron chi connectivity index (χ0n) is 13.9. The van der Waals surface area contributed by atoms with E-state index < -0.39 is 0 Å². The van der Waals surface area contributed by atoms with Gasteiger partial charge in [-0.2, -0.15) is 0 Å². The van der Waals surface area contributed by atoms with Crippen molar-refractivity contribution in [3.05, 3.63) is 28.1 Å². The second-order valence-electron chi connectivity index (χ2n) is 6.80. The molecule has 2 aliphatic heterocycles. The standard InChI is InChI=1S/C17H22N4O2S/c1-19-7-2-4-13(19)14-5-3-8-21(14)15(22)10-20-11-18-16-12(17(20)23)6-9-24-16/h6,9,11,13-14H,2-5,7-8,10H2,1H3/t13-,14+/m1/s1. The van der Waals surface area contributed by atoms with Crippen LogP contribution in [0.2, 0.25) is 0 Å². The van der Waals surface area contributed by atoms with E-state index in [1.807, 2.05) is 10.3 Å². The number of carbonyl (C=O) groups is 1. The molecule has 128 valence electrons. The number of likely N-dealkylation sites (N-methyl/N-ethyl adjacent to an activating group) is 1. The van der Waals surface area contributed by atoms with E-state index in [0.29, 0.717) is 17.5 Å². The van der Waals surface area contributed by atoms with Gasteiger partial charge in [-0.1, -0.05) is 0 Å². The zero-order valence-corrected chi connectivity index (χ0v) is 14.7. The van der Waals surface area contributed by atoms with E-state index in [1.54, 1.807) is 6.07 Å². The third-order valence-electron chi connectivity index (χ3n) is 5.40. The molecule has 0 aliphatic carbocycles. The van der Waals surface area contributed by atoms with Crippen molar-refractivity contribution in [2.24, 2.45) is 0 Å². The number of hydrogen-bond acceptors (Lipinski definition) is 5. The summed E-state index contributed by atoms with van der Waals surface area (Å²) in [6.45, 7) is 2.00. The molecule has 2 atom stereocenters. The Bertz CT molecular complexity index is 814. The maximum Gasteiger partial charge on any atom is 0.262 e. The molecule has 7 heteroatoms. The van der Waals surface area contributed by atoms with E-state index in [-0.39, 0.29) is 18.0 Å². The number of hydrogen-bond donors (Lipinski definition) is 0. The molecule has 4 rings (SSSR count). The van der Waals surface area contributed by atoms with Crippen LogP contribution >= 0.6 is 11.3 Å². The summed E-state index contributed by atoms with van der Waals surface area (Å²) < 4.78 is 1.45. The van der Waals surface area contributed by atoms with Gasteiger partial charge in [-0.05, 0) is 50.7 Å². The summed E-state index contributed by atoms with van der Waals surface area (Å²) >= 11 is 1.45. The fourth-order valence-electron chi connectivity index (χ4n) is 4.17. The summed E-state index contributed by atoms with van der Waals surface area (Å²) in [5.41, 5.74) is -0.122. The number of rotatable bonds is 3. The fourth-order valence-corrected chi connectivity index (χ4v) is 4.89. The van der Waals surface area contributed by atoms with Crippen molar-refractivity contribution in [1.82, 2.24) is 19.4 Å². The smallest absolute Gasteiger partial charge is 0.262 e. The molecule has 0 aromatic carbocycles. The Hall–Kier alpha value is -1.73. The number of thiophene rings is 1. The Morgan fingerprint density at radius 2 is 2.08 bits per heavy atom. The van der Waals surface area contributed by atoms with Crippen molar-refractivity contribution in [3.8, 4) is 0 Å². The number of nitrogens with zero attached hydrogens (tertiary/aromatic N) is 4. The maximum atomic E-state index is 12.8. The third kappa shape index (κ3) is 2.65. The molecule has 0 N–H and O–H groups in total. The van der Waals surface area contributed by atoms with Crippen LogP contribution in [0.3, 0.4) is 0 Å². The largest absolute Gasteiger partial charge is 0.337 e. The summed E-state index contributed by atoms with van der Waals surface area (Å²) in [5, 5.41) is 2.46. The van der Waals surface area contributed by atoms with Gasteiger partial charge in [0.2, 0.25) is 5.91 Å². The topological polar surface area (TPSA) is 58.4 Å². The van der Waals surface area contributed by atoms with Crippen molar-refractivity contribution in [2.45, 2.75) is 44.3 Å². The highest BCUT2D eigenvalue weighted by Crippen LogP contribution is 2.29. The van der Waals surface area contributed by atoms with Gasteiger partial charge < -0.3 is 9.80 Å². The van der Waals surface area contributed by atoms with Gasteiger partial charge in [0.05, 0.1) is 11.7 Å². The van der Waals surface area contributed by atoms with Crippen molar-refractivity contribution in [2.75, 3.05) is 20.1 Å². The van der Waals surface area contributed by atoms with Crippen molar-refractivity contribution in [3.63, 3.8) is 0 Å². The highest BCUT2D eigenvalue weighted by molar-refractivity contribution is 7.16. The van der Waals surface area contributed by atoms with E-state index in [2.05, 4.69) is 16.9 Å². The van der Waals surface area contributed by atoms with Crippen LogP contribution in [0, 0.1) is 0 Å². The molecule has 0 saturated carbocycles. The van der Waals surface area contributed by atoms with Crippen LogP contribution in [0.5, 0.6) is 0 Å². The van der Waals surface area contributed by atoms with E-state index in [9.17, 15) is 9.59 Å². The second kappa shape index (κ2) is 6.29. The summed E-state index contributed by atoms with van der Waals surface area (Å²) in [6.07, 6.45) is 5.99.